The van der Waals surface area contributed by atoms with E-state index in [1.165, 1.54) is 31.4 Å². The van der Waals surface area contributed by atoms with Crippen LogP contribution < -0.4 is 10.1 Å². The number of hydrogen-bond donors (Lipinski definition) is 1. The molecule has 2 aromatic rings. The number of nitro benzene ring substituents is 1. The number of carbonyl (C=O) groups excluding carboxylic acids is 1. The zero-order chi connectivity index (χ0) is 16.8. The second kappa shape index (κ2) is 7.42. The van der Waals surface area contributed by atoms with E-state index in [-0.39, 0.29) is 11.4 Å². The Morgan fingerprint density at radius 2 is 1.96 bits per heavy atom. The van der Waals surface area contributed by atoms with Crippen LogP contribution in [-0.4, -0.2) is 17.9 Å². The standard InChI is InChI=1S/C16H13ClN2O4/c1-23-13-7-8-14(15(10-13)19(21)22)18-16(20)9-4-11-2-5-12(17)6-3-11/h2-10H,1H3,(H,18,20). The molecule has 0 aliphatic carbocycles. The molecule has 7 heteroatoms. The normalized spacial score (nSPS) is 10.5. The molecule has 2 rings (SSSR count). The molecule has 0 aliphatic rings. The van der Waals surface area contributed by atoms with Gasteiger partial charge in [-0.2, -0.15) is 0 Å². The van der Waals surface area contributed by atoms with Crippen molar-refractivity contribution in [2.75, 3.05) is 12.4 Å². The molecule has 118 valence electrons. The number of nitro groups is 1. The molecule has 0 fully saturated rings. The van der Waals surface area contributed by atoms with E-state index in [1.54, 1.807) is 30.3 Å². The molecule has 0 aliphatic heterocycles. The predicted octanol–water partition coefficient (Wildman–Crippen LogP) is 3.91. The molecule has 0 saturated heterocycles. The maximum absolute atomic E-state index is 11.9. The van der Waals surface area contributed by atoms with E-state index in [0.29, 0.717) is 10.8 Å². The Labute approximate surface area is 137 Å². The molecular weight excluding hydrogens is 320 g/mol. The summed E-state index contributed by atoms with van der Waals surface area (Å²) < 4.78 is 4.94. The highest BCUT2D eigenvalue weighted by atomic mass is 35.5. The summed E-state index contributed by atoms with van der Waals surface area (Å²) in [6, 6.07) is 11.1. The number of nitrogens with zero attached hydrogens (tertiary/aromatic N) is 1. The number of benzene rings is 2. The van der Waals surface area contributed by atoms with Gasteiger partial charge in [-0.05, 0) is 35.9 Å². The molecule has 6 nitrogen and oxygen atoms in total. The smallest absolute Gasteiger partial charge is 0.296 e. The number of carbonyl (C=O) groups is 1. The average Bonchev–Trinajstić information content (AvgIpc) is 2.54. The lowest BCUT2D eigenvalue weighted by atomic mass is 10.2. The van der Waals surface area contributed by atoms with Crippen LogP contribution in [0.5, 0.6) is 5.75 Å². The van der Waals surface area contributed by atoms with Crippen LogP contribution in [0.15, 0.2) is 48.5 Å². The molecule has 0 radical (unpaired) electrons. The van der Waals surface area contributed by atoms with E-state index < -0.39 is 10.8 Å². The van der Waals surface area contributed by atoms with Gasteiger partial charge in [-0.1, -0.05) is 23.7 Å². The fourth-order valence-corrected chi connectivity index (χ4v) is 1.94. The summed E-state index contributed by atoms with van der Waals surface area (Å²) in [5.74, 6) is -0.139. The van der Waals surface area contributed by atoms with E-state index in [1.807, 2.05) is 0 Å². The van der Waals surface area contributed by atoms with Crippen molar-refractivity contribution in [2.24, 2.45) is 0 Å². The molecule has 1 amide bonds. The monoisotopic (exact) mass is 332 g/mol. The lowest BCUT2D eigenvalue weighted by molar-refractivity contribution is -0.384. The van der Waals surface area contributed by atoms with Crippen LogP contribution in [0.4, 0.5) is 11.4 Å². The summed E-state index contributed by atoms with van der Waals surface area (Å²) in [7, 11) is 1.41. The lowest BCUT2D eigenvalue weighted by Crippen LogP contribution is -2.09. The van der Waals surface area contributed by atoms with Gasteiger partial charge in [0, 0.05) is 11.1 Å². The van der Waals surface area contributed by atoms with Gasteiger partial charge >= 0.3 is 0 Å². The number of amides is 1. The van der Waals surface area contributed by atoms with Gasteiger partial charge in [-0.25, -0.2) is 0 Å². The Balaban J connectivity index is 2.13. The van der Waals surface area contributed by atoms with Crippen LogP contribution in [0.25, 0.3) is 6.08 Å². The van der Waals surface area contributed by atoms with E-state index in [0.717, 1.165) is 5.56 Å². The Bertz CT molecular complexity index is 757. The highest BCUT2D eigenvalue weighted by molar-refractivity contribution is 6.30. The number of methoxy groups -OCH3 is 1. The predicted molar refractivity (Wildman–Crippen MR) is 88.8 cm³/mol. The van der Waals surface area contributed by atoms with Crippen molar-refractivity contribution in [2.45, 2.75) is 0 Å². The fourth-order valence-electron chi connectivity index (χ4n) is 1.82. The van der Waals surface area contributed by atoms with Crippen LogP contribution in [0, 0.1) is 10.1 Å². The molecule has 0 atom stereocenters. The first kappa shape index (κ1) is 16.5. The lowest BCUT2D eigenvalue weighted by Gasteiger charge is -2.05. The number of rotatable bonds is 5. The minimum Gasteiger partial charge on any atom is -0.496 e. The van der Waals surface area contributed by atoms with Gasteiger partial charge in [0.05, 0.1) is 18.1 Å². The van der Waals surface area contributed by atoms with E-state index in [4.69, 9.17) is 16.3 Å². The van der Waals surface area contributed by atoms with Gasteiger partial charge < -0.3 is 10.1 Å². The minimum absolute atomic E-state index is 0.0987. The quantitative estimate of drug-likeness (QED) is 0.511. The van der Waals surface area contributed by atoms with Gasteiger partial charge in [-0.15, -0.1) is 0 Å². The van der Waals surface area contributed by atoms with Gasteiger partial charge in [0.25, 0.3) is 5.69 Å². The topological polar surface area (TPSA) is 81.5 Å². The number of hydrogen-bond acceptors (Lipinski definition) is 4. The Kier molecular flexibility index (Phi) is 5.32. The SMILES string of the molecule is COc1ccc(NC(=O)C=Cc2ccc(Cl)cc2)c([N+](=O)[O-])c1. The number of halogens is 1. The highest BCUT2D eigenvalue weighted by Gasteiger charge is 2.16. The van der Waals surface area contributed by atoms with E-state index in [2.05, 4.69) is 5.32 Å². The largest absolute Gasteiger partial charge is 0.496 e. The second-order valence-electron chi connectivity index (χ2n) is 4.51. The number of nitrogens with one attached hydrogen (secondary N) is 1. The van der Waals surface area contributed by atoms with E-state index in [9.17, 15) is 14.9 Å². The molecule has 0 bridgehead atoms. The summed E-state index contributed by atoms with van der Waals surface area (Å²) in [5, 5.41) is 14.1. The van der Waals surface area contributed by atoms with Gasteiger partial charge in [0.1, 0.15) is 11.4 Å². The minimum atomic E-state index is -0.582. The third-order valence-electron chi connectivity index (χ3n) is 2.96. The van der Waals surface area contributed by atoms with Crippen molar-refractivity contribution in [3.05, 3.63) is 69.2 Å². The van der Waals surface area contributed by atoms with Crippen molar-refractivity contribution >= 4 is 35.0 Å². The van der Waals surface area contributed by atoms with Crippen LogP contribution in [0.2, 0.25) is 5.02 Å². The zero-order valence-electron chi connectivity index (χ0n) is 12.2. The van der Waals surface area contributed by atoms with Gasteiger partial charge in [-0.3, -0.25) is 14.9 Å². The molecule has 2 aromatic carbocycles. The average molecular weight is 333 g/mol. The maximum Gasteiger partial charge on any atom is 0.296 e. The summed E-state index contributed by atoms with van der Waals surface area (Å²) in [6.07, 6.45) is 2.87. The van der Waals surface area contributed by atoms with Crippen LogP contribution >= 0.6 is 11.6 Å². The summed E-state index contributed by atoms with van der Waals surface area (Å²) >= 11 is 5.78. The highest BCUT2D eigenvalue weighted by Crippen LogP contribution is 2.28. The van der Waals surface area contributed by atoms with Crippen molar-refractivity contribution in [3.63, 3.8) is 0 Å². The van der Waals surface area contributed by atoms with E-state index >= 15 is 0 Å². The first-order valence-corrected chi connectivity index (χ1v) is 6.94. The molecule has 1 N–H and O–H groups in total. The summed E-state index contributed by atoms with van der Waals surface area (Å²) in [4.78, 5) is 22.4. The molecule has 0 spiro atoms. The molecular formula is C16H13ClN2O4. The van der Waals surface area contributed by atoms with Crippen molar-refractivity contribution in [3.8, 4) is 5.75 Å². The maximum atomic E-state index is 11.9. The molecule has 0 unspecified atom stereocenters. The molecule has 0 heterocycles. The fraction of sp³-hybridized carbons (Fsp3) is 0.0625. The Morgan fingerprint density at radius 3 is 2.57 bits per heavy atom. The molecule has 0 saturated carbocycles. The van der Waals surface area contributed by atoms with Gasteiger partial charge in [0.15, 0.2) is 0 Å². The second-order valence-corrected chi connectivity index (χ2v) is 4.95. The molecule has 0 aromatic heterocycles. The van der Waals surface area contributed by atoms with Gasteiger partial charge in [0.2, 0.25) is 5.91 Å². The van der Waals surface area contributed by atoms with Crippen LogP contribution in [0.1, 0.15) is 5.56 Å². The number of ether oxygens (including phenoxy) is 1. The Hall–Kier alpha value is -2.86. The van der Waals surface area contributed by atoms with Crippen molar-refractivity contribution in [1.82, 2.24) is 0 Å². The number of anilines is 1. The molecule has 23 heavy (non-hydrogen) atoms. The summed E-state index contributed by atoms with van der Waals surface area (Å²) in [5.41, 5.74) is 0.646. The summed E-state index contributed by atoms with van der Waals surface area (Å²) in [6.45, 7) is 0. The first-order chi connectivity index (χ1) is 11.0. The Morgan fingerprint density at radius 1 is 1.26 bits per heavy atom. The zero-order valence-corrected chi connectivity index (χ0v) is 12.9. The van der Waals surface area contributed by atoms with Crippen molar-refractivity contribution < 1.29 is 14.5 Å². The first-order valence-electron chi connectivity index (χ1n) is 6.56. The van der Waals surface area contributed by atoms with Crippen LogP contribution in [0.3, 0.4) is 0 Å². The third-order valence-corrected chi connectivity index (χ3v) is 3.21. The van der Waals surface area contributed by atoms with Crippen LogP contribution in [-0.2, 0) is 4.79 Å². The van der Waals surface area contributed by atoms with Crippen molar-refractivity contribution in [1.29, 1.82) is 0 Å². The third kappa shape index (κ3) is 4.55.